The van der Waals surface area contributed by atoms with E-state index in [4.69, 9.17) is 9.15 Å². The number of esters is 1. The summed E-state index contributed by atoms with van der Waals surface area (Å²) in [5.74, 6) is -0.931. The quantitative estimate of drug-likeness (QED) is 0.618. The van der Waals surface area contributed by atoms with E-state index in [0.29, 0.717) is 31.2 Å². The first-order valence-corrected chi connectivity index (χ1v) is 9.61. The maximum atomic E-state index is 12.9. The number of Topliss-reactive ketones (excluding diaryl/α,β-unsaturated/α-hetero) is 1. The lowest BCUT2D eigenvalue weighted by Crippen LogP contribution is -2.66. The van der Waals surface area contributed by atoms with Crippen LogP contribution in [0, 0.1) is 22.7 Å². The molecule has 150 valence electrons. The topological polar surface area (TPSA) is 97.0 Å². The average Bonchev–Trinajstić information content (AvgIpc) is 3.14. The van der Waals surface area contributed by atoms with E-state index >= 15 is 0 Å². The lowest BCUT2D eigenvalue weighted by molar-refractivity contribution is -0.236. The second-order valence-electron chi connectivity index (χ2n) is 8.94. The number of rotatable bonds is 4. The highest BCUT2D eigenvalue weighted by atomic mass is 16.5. The summed E-state index contributed by atoms with van der Waals surface area (Å²) in [6, 6.07) is 1.63. The Morgan fingerprint density at radius 1 is 1.26 bits per heavy atom. The first-order chi connectivity index (χ1) is 12.6. The second-order valence-corrected chi connectivity index (χ2v) is 8.94. The molecule has 0 saturated heterocycles. The largest absolute Gasteiger partial charge is 0.472 e. The first kappa shape index (κ1) is 20.1. The zero-order chi connectivity index (χ0) is 20.0. The molecule has 0 aromatic carbocycles. The minimum absolute atomic E-state index is 0.0878. The van der Waals surface area contributed by atoms with Crippen LogP contribution in [0.5, 0.6) is 0 Å². The van der Waals surface area contributed by atoms with Crippen molar-refractivity contribution in [3.63, 3.8) is 0 Å². The number of methoxy groups -OCH3 is 1. The highest BCUT2D eigenvalue weighted by Crippen LogP contribution is 2.64. The molecular weight excluding hydrogens is 348 g/mol. The van der Waals surface area contributed by atoms with Crippen LogP contribution in [-0.2, 0) is 9.53 Å². The molecule has 1 aromatic rings. The smallest absolute Gasteiger partial charge is 0.309 e. The zero-order valence-corrected chi connectivity index (χ0v) is 16.5. The lowest BCUT2D eigenvalue weighted by atomic mass is 9.43. The normalized spacial score (nSPS) is 41.6. The van der Waals surface area contributed by atoms with Gasteiger partial charge in [0.1, 0.15) is 6.26 Å². The van der Waals surface area contributed by atoms with Crippen LogP contribution in [0.25, 0.3) is 0 Å². The molecule has 2 aliphatic rings. The summed E-state index contributed by atoms with van der Waals surface area (Å²) < 4.78 is 10.1. The number of fused-ring (bicyclic) bond motifs is 1. The predicted octanol–water partition coefficient (Wildman–Crippen LogP) is 2.97. The van der Waals surface area contributed by atoms with Crippen molar-refractivity contribution in [2.45, 2.75) is 64.6 Å². The van der Waals surface area contributed by atoms with Gasteiger partial charge in [-0.25, -0.2) is 0 Å². The Kier molecular flexibility index (Phi) is 5.02. The highest BCUT2D eigenvalue weighted by Gasteiger charge is 2.65. The number of ketones is 1. The van der Waals surface area contributed by atoms with Crippen molar-refractivity contribution in [3.05, 3.63) is 24.2 Å². The zero-order valence-electron chi connectivity index (χ0n) is 16.5. The lowest BCUT2D eigenvalue weighted by Gasteiger charge is -2.63. The predicted molar refractivity (Wildman–Crippen MR) is 98.0 cm³/mol. The first-order valence-electron chi connectivity index (χ1n) is 9.61. The number of aliphatic hydroxyl groups excluding tert-OH is 1. The fourth-order valence-electron chi connectivity index (χ4n) is 5.81. The second kappa shape index (κ2) is 6.74. The SMILES string of the molecule is COC(=O)[C@@H]1CC[C@@]2(C)[C@H](CC[C@@H](O)[C@]2(C)O)[C@@]1(C)CC(=O)c1ccoc1. The Hall–Kier alpha value is -1.66. The third kappa shape index (κ3) is 2.93. The van der Waals surface area contributed by atoms with Gasteiger partial charge in [0.25, 0.3) is 0 Å². The van der Waals surface area contributed by atoms with Crippen LogP contribution in [0.1, 0.15) is 63.2 Å². The summed E-state index contributed by atoms with van der Waals surface area (Å²) in [6.45, 7) is 5.62. The Morgan fingerprint density at radius 3 is 2.56 bits per heavy atom. The van der Waals surface area contributed by atoms with Crippen molar-refractivity contribution in [2.75, 3.05) is 7.11 Å². The van der Waals surface area contributed by atoms with Crippen LogP contribution < -0.4 is 0 Å². The molecule has 0 radical (unpaired) electrons. The molecule has 3 rings (SSSR count). The Bertz CT molecular complexity index is 708. The molecule has 27 heavy (non-hydrogen) atoms. The van der Waals surface area contributed by atoms with Gasteiger partial charge in [-0.3, -0.25) is 9.59 Å². The molecule has 0 amide bonds. The van der Waals surface area contributed by atoms with Gasteiger partial charge in [0.2, 0.25) is 0 Å². The fourth-order valence-corrected chi connectivity index (χ4v) is 5.81. The minimum atomic E-state index is -1.28. The number of ether oxygens (including phenoxy) is 1. The van der Waals surface area contributed by atoms with Crippen LogP contribution in [-0.4, -0.2) is 40.8 Å². The third-order valence-corrected chi connectivity index (χ3v) is 7.72. The number of carbonyl (C=O) groups is 2. The summed E-state index contributed by atoms with van der Waals surface area (Å²) >= 11 is 0. The van der Waals surface area contributed by atoms with E-state index in [1.165, 1.54) is 19.6 Å². The number of aliphatic hydroxyl groups is 2. The molecule has 0 unspecified atom stereocenters. The van der Waals surface area contributed by atoms with E-state index in [2.05, 4.69) is 0 Å². The fraction of sp³-hybridized carbons (Fsp3) is 0.714. The molecule has 0 spiro atoms. The van der Waals surface area contributed by atoms with Gasteiger partial charge >= 0.3 is 5.97 Å². The number of carbonyl (C=O) groups excluding carboxylic acids is 2. The molecule has 0 bridgehead atoms. The van der Waals surface area contributed by atoms with Crippen molar-refractivity contribution >= 4 is 11.8 Å². The van der Waals surface area contributed by atoms with E-state index < -0.39 is 28.5 Å². The van der Waals surface area contributed by atoms with Crippen LogP contribution in [0.15, 0.2) is 23.0 Å². The molecule has 2 N–H and O–H groups in total. The standard InChI is InChI=1S/C21H30O6/c1-19(11-15(22)13-8-10-27-12-13)14(18(24)26-4)7-9-20(2)16(19)5-6-17(23)21(20,3)25/h8,10,12,14,16-17,23,25H,5-7,9,11H2,1-4H3/t14-,16+,17+,19-,20-,21-/m0/s1. The summed E-state index contributed by atoms with van der Waals surface area (Å²) in [6.07, 6.45) is 4.42. The molecule has 2 saturated carbocycles. The van der Waals surface area contributed by atoms with E-state index in [1.807, 2.05) is 13.8 Å². The van der Waals surface area contributed by atoms with Gasteiger partial charge < -0.3 is 19.4 Å². The van der Waals surface area contributed by atoms with Crippen molar-refractivity contribution in [1.29, 1.82) is 0 Å². The van der Waals surface area contributed by atoms with Gasteiger partial charge in [-0.05, 0) is 50.0 Å². The minimum Gasteiger partial charge on any atom is -0.472 e. The molecular formula is C21H30O6. The van der Waals surface area contributed by atoms with Crippen LogP contribution in [0.4, 0.5) is 0 Å². The van der Waals surface area contributed by atoms with Gasteiger partial charge in [0.15, 0.2) is 5.78 Å². The van der Waals surface area contributed by atoms with Crippen LogP contribution in [0.3, 0.4) is 0 Å². The Balaban J connectivity index is 2.03. The van der Waals surface area contributed by atoms with E-state index in [0.717, 1.165) is 0 Å². The summed E-state index contributed by atoms with van der Waals surface area (Å²) in [7, 11) is 1.37. The summed E-state index contributed by atoms with van der Waals surface area (Å²) in [5.41, 5.74) is -2.08. The Labute approximate surface area is 159 Å². The van der Waals surface area contributed by atoms with Crippen molar-refractivity contribution in [3.8, 4) is 0 Å². The maximum Gasteiger partial charge on any atom is 0.309 e. The van der Waals surface area contributed by atoms with Crippen LogP contribution in [0.2, 0.25) is 0 Å². The van der Waals surface area contributed by atoms with Crippen molar-refractivity contribution in [2.24, 2.45) is 22.7 Å². The number of hydrogen-bond acceptors (Lipinski definition) is 6. The maximum absolute atomic E-state index is 12.9. The molecule has 6 heteroatoms. The van der Waals surface area contributed by atoms with Crippen LogP contribution >= 0.6 is 0 Å². The summed E-state index contributed by atoms with van der Waals surface area (Å²) in [5, 5.41) is 21.6. The van der Waals surface area contributed by atoms with Crippen molar-refractivity contribution < 1.29 is 29.0 Å². The number of hydrogen-bond donors (Lipinski definition) is 2. The molecule has 2 fully saturated rings. The van der Waals surface area contributed by atoms with E-state index in [1.54, 1.807) is 13.0 Å². The van der Waals surface area contributed by atoms with Gasteiger partial charge in [0, 0.05) is 11.8 Å². The highest BCUT2D eigenvalue weighted by molar-refractivity contribution is 5.96. The molecule has 1 aromatic heterocycles. The molecule has 0 aliphatic heterocycles. The molecule has 1 heterocycles. The molecule has 6 nitrogen and oxygen atoms in total. The van der Waals surface area contributed by atoms with Crippen molar-refractivity contribution in [1.82, 2.24) is 0 Å². The summed E-state index contributed by atoms with van der Waals surface area (Å²) in [4.78, 5) is 25.5. The van der Waals surface area contributed by atoms with Gasteiger partial charge in [-0.15, -0.1) is 0 Å². The third-order valence-electron chi connectivity index (χ3n) is 7.72. The number of furan rings is 1. The van der Waals surface area contributed by atoms with E-state index in [-0.39, 0.29) is 24.1 Å². The average molecular weight is 378 g/mol. The van der Waals surface area contributed by atoms with E-state index in [9.17, 15) is 19.8 Å². The Morgan fingerprint density at radius 2 is 1.96 bits per heavy atom. The van der Waals surface area contributed by atoms with Gasteiger partial charge in [-0.1, -0.05) is 13.8 Å². The molecule has 2 aliphatic carbocycles. The molecule has 6 atom stereocenters. The van der Waals surface area contributed by atoms with Gasteiger partial charge in [0.05, 0.1) is 36.6 Å². The monoisotopic (exact) mass is 378 g/mol. The van der Waals surface area contributed by atoms with Gasteiger partial charge in [-0.2, -0.15) is 0 Å².